The maximum Gasteiger partial charge on any atom is 0.305 e. The van der Waals surface area contributed by atoms with Crippen molar-refractivity contribution < 1.29 is 24.5 Å². The minimum absolute atomic E-state index is 0.00660. The lowest BCUT2D eigenvalue weighted by atomic mass is 10.0. The SMILES string of the molecule is CCCCC/C=C\C/C=C\CCCCCCCC(=O)OCCCCCCCCCCCCCCCCCCCCCCCCCCCCCCCCCC(=O)NC(CO)C(O)/C=C/CCCCCCCCCCCCCCC. The first-order valence-electron chi connectivity index (χ1n) is 35.3. The van der Waals surface area contributed by atoms with E-state index >= 15 is 0 Å². The molecule has 0 spiro atoms. The van der Waals surface area contributed by atoms with Gasteiger partial charge in [0.2, 0.25) is 5.91 Å². The van der Waals surface area contributed by atoms with E-state index in [9.17, 15) is 19.8 Å². The Bertz CT molecular complexity index is 1260. The second kappa shape index (κ2) is 67.6. The molecule has 0 aromatic rings. The van der Waals surface area contributed by atoms with E-state index in [0.717, 1.165) is 51.4 Å². The Morgan fingerprint density at radius 2 is 0.641 bits per heavy atom. The van der Waals surface area contributed by atoms with E-state index in [4.69, 9.17) is 4.74 Å². The van der Waals surface area contributed by atoms with Crippen LogP contribution in [0.25, 0.3) is 0 Å². The van der Waals surface area contributed by atoms with E-state index in [1.54, 1.807) is 6.08 Å². The van der Waals surface area contributed by atoms with Crippen molar-refractivity contribution in [3.8, 4) is 0 Å². The van der Waals surface area contributed by atoms with Gasteiger partial charge in [0.25, 0.3) is 0 Å². The zero-order chi connectivity index (χ0) is 56.4. The zero-order valence-electron chi connectivity index (χ0n) is 52.7. The molecule has 0 aliphatic carbocycles. The van der Waals surface area contributed by atoms with E-state index in [2.05, 4.69) is 43.5 Å². The third kappa shape index (κ3) is 63.3. The fourth-order valence-corrected chi connectivity index (χ4v) is 11.0. The average Bonchev–Trinajstić information content (AvgIpc) is 3.44. The van der Waals surface area contributed by atoms with Crippen molar-refractivity contribution in [2.75, 3.05) is 13.2 Å². The number of aliphatic hydroxyl groups excluding tert-OH is 2. The molecule has 3 N–H and O–H groups in total. The number of amides is 1. The first-order valence-corrected chi connectivity index (χ1v) is 35.3. The molecule has 0 heterocycles. The first-order chi connectivity index (χ1) is 38.5. The van der Waals surface area contributed by atoms with Gasteiger partial charge >= 0.3 is 5.97 Å². The molecule has 0 rings (SSSR count). The fourth-order valence-electron chi connectivity index (χ4n) is 11.0. The number of carbonyl (C=O) groups is 2. The number of unbranched alkanes of at least 4 members (excludes halogenated alkanes) is 51. The summed E-state index contributed by atoms with van der Waals surface area (Å²) in [6, 6.07) is -0.624. The van der Waals surface area contributed by atoms with Crippen LogP contribution in [0.4, 0.5) is 0 Å². The summed E-state index contributed by atoms with van der Waals surface area (Å²) in [6.07, 6.45) is 86.6. The third-order valence-electron chi connectivity index (χ3n) is 16.4. The molecule has 1 amide bonds. The molecule has 6 heteroatoms. The van der Waals surface area contributed by atoms with Crippen LogP contribution in [0.2, 0.25) is 0 Å². The van der Waals surface area contributed by atoms with Gasteiger partial charge in [-0.15, -0.1) is 0 Å². The van der Waals surface area contributed by atoms with Crippen LogP contribution in [0, 0.1) is 0 Å². The normalized spacial score (nSPS) is 12.7. The van der Waals surface area contributed by atoms with Crippen molar-refractivity contribution in [1.29, 1.82) is 0 Å². The number of carbonyl (C=O) groups excluding carboxylic acids is 2. The van der Waals surface area contributed by atoms with Gasteiger partial charge in [-0.2, -0.15) is 0 Å². The molecular weight excluding hydrogens is 959 g/mol. The molecule has 0 aliphatic rings. The number of aliphatic hydroxyl groups is 2. The second-order valence-electron chi connectivity index (χ2n) is 24.2. The predicted octanol–water partition coefficient (Wildman–Crippen LogP) is 22.7. The molecule has 6 nitrogen and oxygen atoms in total. The second-order valence-corrected chi connectivity index (χ2v) is 24.2. The van der Waals surface area contributed by atoms with E-state index in [-0.39, 0.29) is 18.5 Å². The summed E-state index contributed by atoms with van der Waals surface area (Å²) in [5, 5.41) is 23.2. The van der Waals surface area contributed by atoms with Gasteiger partial charge in [-0.3, -0.25) is 9.59 Å². The van der Waals surface area contributed by atoms with Crippen molar-refractivity contribution in [1.82, 2.24) is 5.32 Å². The predicted molar refractivity (Wildman–Crippen MR) is 343 cm³/mol. The summed E-state index contributed by atoms with van der Waals surface area (Å²) in [5.41, 5.74) is 0. The number of hydrogen-bond acceptors (Lipinski definition) is 5. The van der Waals surface area contributed by atoms with Gasteiger partial charge < -0.3 is 20.3 Å². The van der Waals surface area contributed by atoms with Crippen molar-refractivity contribution >= 4 is 11.9 Å². The van der Waals surface area contributed by atoms with Crippen LogP contribution in [0.1, 0.15) is 386 Å². The summed E-state index contributed by atoms with van der Waals surface area (Å²) in [6.45, 7) is 4.90. The van der Waals surface area contributed by atoms with Crippen LogP contribution in [0.15, 0.2) is 36.5 Å². The van der Waals surface area contributed by atoms with E-state index in [1.165, 1.54) is 308 Å². The standard InChI is InChI=1S/C72H137NO5/c1-3-5-7-9-11-13-15-17-36-40-44-48-52-56-60-64-70(75)69(68-74)73-71(76)65-61-57-53-49-45-41-38-34-32-30-28-26-24-22-20-19-21-23-25-27-29-31-33-35-39-43-47-51-55-59-63-67-78-72(77)66-62-58-54-50-46-42-37-18-16-14-12-10-8-6-4-2/h12,14,18,37,60,64,69-70,74-75H,3-11,13,15-17,19-36,38-59,61-63,65-68H2,1-2H3,(H,73,76)/b14-12-,37-18-,64-60+. The molecule has 0 radical (unpaired) electrons. The lowest BCUT2D eigenvalue weighted by Gasteiger charge is -2.20. The van der Waals surface area contributed by atoms with Crippen molar-refractivity contribution in [2.45, 2.75) is 398 Å². The smallest absolute Gasteiger partial charge is 0.305 e. The van der Waals surface area contributed by atoms with Gasteiger partial charge in [0.05, 0.1) is 25.4 Å². The maximum absolute atomic E-state index is 12.5. The van der Waals surface area contributed by atoms with Crippen LogP contribution < -0.4 is 5.32 Å². The Hall–Kier alpha value is -1.92. The van der Waals surface area contributed by atoms with Crippen LogP contribution >= 0.6 is 0 Å². The van der Waals surface area contributed by atoms with Crippen LogP contribution in [0.5, 0.6) is 0 Å². The number of rotatable bonds is 66. The number of allylic oxidation sites excluding steroid dienone is 5. The Labute approximate surface area is 487 Å². The summed E-state index contributed by atoms with van der Waals surface area (Å²) in [7, 11) is 0. The van der Waals surface area contributed by atoms with Gasteiger partial charge in [-0.05, 0) is 64.2 Å². The highest BCUT2D eigenvalue weighted by atomic mass is 16.5. The first kappa shape index (κ1) is 76.1. The molecular formula is C72H137NO5. The molecule has 2 atom stereocenters. The lowest BCUT2D eigenvalue weighted by molar-refractivity contribution is -0.143. The van der Waals surface area contributed by atoms with Gasteiger partial charge in [-0.1, -0.05) is 346 Å². The zero-order valence-corrected chi connectivity index (χ0v) is 52.7. The third-order valence-corrected chi connectivity index (χ3v) is 16.4. The van der Waals surface area contributed by atoms with Gasteiger partial charge in [0.15, 0.2) is 0 Å². The average molecular weight is 1100 g/mol. The Kier molecular flexibility index (Phi) is 65.9. The summed E-state index contributed by atoms with van der Waals surface area (Å²) in [4.78, 5) is 24.6. The number of hydrogen-bond donors (Lipinski definition) is 3. The summed E-state index contributed by atoms with van der Waals surface area (Å²) in [5.74, 6) is -0.0551. The lowest BCUT2D eigenvalue weighted by Crippen LogP contribution is -2.45. The summed E-state index contributed by atoms with van der Waals surface area (Å²) >= 11 is 0. The van der Waals surface area contributed by atoms with E-state index < -0.39 is 12.1 Å². The minimum atomic E-state index is -0.841. The van der Waals surface area contributed by atoms with Crippen LogP contribution in [-0.4, -0.2) is 47.4 Å². The topological polar surface area (TPSA) is 95.9 Å². The summed E-state index contributed by atoms with van der Waals surface area (Å²) < 4.78 is 5.49. The highest BCUT2D eigenvalue weighted by molar-refractivity contribution is 5.76. The number of esters is 1. The van der Waals surface area contributed by atoms with Crippen molar-refractivity contribution in [2.24, 2.45) is 0 Å². The molecule has 2 unspecified atom stereocenters. The molecule has 0 saturated heterocycles. The molecule has 0 fully saturated rings. The maximum atomic E-state index is 12.5. The van der Waals surface area contributed by atoms with Gasteiger partial charge in [0.1, 0.15) is 0 Å². The molecule has 0 aromatic heterocycles. The van der Waals surface area contributed by atoms with Gasteiger partial charge in [0, 0.05) is 12.8 Å². The van der Waals surface area contributed by atoms with Crippen molar-refractivity contribution in [3.63, 3.8) is 0 Å². The van der Waals surface area contributed by atoms with Crippen molar-refractivity contribution in [3.05, 3.63) is 36.5 Å². The largest absolute Gasteiger partial charge is 0.466 e. The Balaban J connectivity index is 3.34. The molecule has 78 heavy (non-hydrogen) atoms. The van der Waals surface area contributed by atoms with Gasteiger partial charge in [-0.25, -0.2) is 0 Å². The Morgan fingerprint density at radius 3 is 1.00 bits per heavy atom. The fraction of sp³-hybridized carbons (Fsp3) is 0.889. The molecule has 0 saturated carbocycles. The highest BCUT2D eigenvalue weighted by Gasteiger charge is 2.18. The van der Waals surface area contributed by atoms with Crippen LogP contribution in [0.3, 0.4) is 0 Å². The Morgan fingerprint density at radius 1 is 0.359 bits per heavy atom. The highest BCUT2D eigenvalue weighted by Crippen LogP contribution is 2.19. The number of nitrogens with one attached hydrogen (secondary N) is 1. The van der Waals surface area contributed by atoms with E-state index in [1.807, 2.05) is 6.08 Å². The molecule has 0 bridgehead atoms. The van der Waals surface area contributed by atoms with E-state index in [0.29, 0.717) is 19.4 Å². The molecule has 460 valence electrons. The number of ether oxygens (including phenoxy) is 1. The monoisotopic (exact) mass is 1100 g/mol. The molecule has 0 aliphatic heterocycles. The quantitative estimate of drug-likeness (QED) is 0.0320. The van der Waals surface area contributed by atoms with Crippen LogP contribution in [-0.2, 0) is 14.3 Å². The minimum Gasteiger partial charge on any atom is -0.466 e. The molecule has 0 aromatic carbocycles.